The number of hydrogen-bond donors (Lipinski definition) is 1. The maximum absolute atomic E-state index is 5.23. The van der Waals surface area contributed by atoms with Crippen molar-refractivity contribution in [1.82, 2.24) is 14.5 Å². The van der Waals surface area contributed by atoms with E-state index in [9.17, 15) is 0 Å². The molecular weight excluding hydrogens is 252 g/mol. The molecule has 0 aromatic carbocycles. The molecule has 0 saturated heterocycles. The molecule has 20 heavy (non-hydrogen) atoms. The monoisotopic (exact) mass is 282 g/mol. The summed E-state index contributed by atoms with van der Waals surface area (Å²) in [6, 6.07) is 0.298. The lowest BCUT2D eigenvalue weighted by molar-refractivity contribution is 0.163. The lowest BCUT2D eigenvalue weighted by Crippen LogP contribution is -2.25. The quantitative estimate of drug-likeness (QED) is 0.670. The molecule has 0 amide bonds. The molecule has 0 aliphatic carbocycles. The normalized spacial score (nSPS) is 12.9. The number of rotatable bonds is 10. The Balaban J connectivity index is 2.47. The van der Waals surface area contributed by atoms with Gasteiger partial charge in [-0.25, -0.2) is 4.98 Å². The summed E-state index contributed by atoms with van der Waals surface area (Å²) < 4.78 is 7.39. The molecule has 0 spiro atoms. The Morgan fingerprint density at radius 2 is 2.10 bits per heavy atom. The van der Waals surface area contributed by atoms with E-state index in [0.717, 1.165) is 44.2 Å². The Bertz CT molecular complexity index is 374. The van der Waals surface area contributed by atoms with Crippen molar-refractivity contribution in [1.29, 1.82) is 0 Å². The third-order valence-electron chi connectivity index (χ3n) is 3.56. The summed E-state index contributed by atoms with van der Waals surface area (Å²) >= 11 is 0. The van der Waals surface area contributed by atoms with E-state index in [0.29, 0.717) is 12.6 Å². The molecule has 1 rings (SSSR count). The summed E-state index contributed by atoms with van der Waals surface area (Å²) in [6.45, 7) is 13.6. The highest BCUT2D eigenvalue weighted by Gasteiger charge is 2.11. The van der Waals surface area contributed by atoms with Crippen molar-refractivity contribution in [2.75, 3.05) is 45.2 Å². The first kappa shape index (κ1) is 17.0. The largest absolute Gasteiger partial charge is 0.383 e. The molecule has 5 nitrogen and oxygen atoms in total. The number of methoxy groups -OCH3 is 1. The SMILES string of the molecule is CCN(CC)CCCNc1nc(C)cn1C(C)COC. The van der Waals surface area contributed by atoms with Gasteiger partial charge in [-0.3, -0.25) is 0 Å². The van der Waals surface area contributed by atoms with Crippen LogP contribution in [0.1, 0.15) is 38.9 Å². The summed E-state index contributed by atoms with van der Waals surface area (Å²) in [5.41, 5.74) is 1.04. The minimum Gasteiger partial charge on any atom is -0.383 e. The van der Waals surface area contributed by atoms with Crippen LogP contribution in [0.15, 0.2) is 6.20 Å². The third kappa shape index (κ3) is 5.13. The second-order valence-corrected chi connectivity index (χ2v) is 5.22. The van der Waals surface area contributed by atoms with E-state index in [1.165, 1.54) is 0 Å². The van der Waals surface area contributed by atoms with Gasteiger partial charge in [0.1, 0.15) is 0 Å². The predicted molar refractivity (Wildman–Crippen MR) is 84.4 cm³/mol. The Kier molecular flexibility index (Phi) is 7.62. The van der Waals surface area contributed by atoms with Crippen LogP contribution in [-0.4, -0.2) is 54.3 Å². The van der Waals surface area contributed by atoms with Crippen molar-refractivity contribution in [3.63, 3.8) is 0 Å². The highest BCUT2D eigenvalue weighted by atomic mass is 16.5. The van der Waals surface area contributed by atoms with Crippen molar-refractivity contribution >= 4 is 5.95 Å². The summed E-state index contributed by atoms with van der Waals surface area (Å²) in [5.74, 6) is 0.951. The Morgan fingerprint density at radius 3 is 2.70 bits per heavy atom. The number of nitrogens with zero attached hydrogens (tertiary/aromatic N) is 3. The van der Waals surface area contributed by atoms with E-state index in [-0.39, 0.29) is 0 Å². The van der Waals surface area contributed by atoms with Crippen LogP contribution in [0.3, 0.4) is 0 Å². The number of aryl methyl sites for hydroxylation is 1. The number of nitrogens with one attached hydrogen (secondary N) is 1. The van der Waals surface area contributed by atoms with Gasteiger partial charge in [0.05, 0.1) is 18.3 Å². The molecule has 1 unspecified atom stereocenters. The van der Waals surface area contributed by atoms with E-state index in [1.54, 1.807) is 7.11 Å². The molecule has 0 bridgehead atoms. The number of hydrogen-bond acceptors (Lipinski definition) is 4. The fourth-order valence-corrected chi connectivity index (χ4v) is 2.35. The average molecular weight is 282 g/mol. The number of imidazole rings is 1. The number of aromatic nitrogens is 2. The third-order valence-corrected chi connectivity index (χ3v) is 3.56. The van der Waals surface area contributed by atoms with Crippen LogP contribution in [0, 0.1) is 6.92 Å². The second kappa shape index (κ2) is 8.97. The number of ether oxygens (including phenoxy) is 1. The van der Waals surface area contributed by atoms with Crippen LogP contribution < -0.4 is 5.32 Å². The standard InChI is InChI=1S/C15H30N4O/c1-6-18(7-2)10-8-9-16-15-17-13(3)11-19(15)14(4)12-20-5/h11,14H,6-10,12H2,1-5H3,(H,16,17). The zero-order valence-electron chi connectivity index (χ0n) is 13.6. The first-order valence-electron chi connectivity index (χ1n) is 7.62. The molecule has 1 N–H and O–H groups in total. The van der Waals surface area contributed by atoms with Crippen molar-refractivity contribution < 1.29 is 4.74 Å². The van der Waals surface area contributed by atoms with Crippen LogP contribution in [-0.2, 0) is 4.74 Å². The van der Waals surface area contributed by atoms with Gasteiger partial charge in [0.25, 0.3) is 0 Å². The van der Waals surface area contributed by atoms with E-state index < -0.39 is 0 Å². The highest BCUT2D eigenvalue weighted by Crippen LogP contribution is 2.16. The smallest absolute Gasteiger partial charge is 0.203 e. The van der Waals surface area contributed by atoms with Crippen molar-refractivity contribution in [3.8, 4) is 0 Å². The lowest BCUT2D eigenvalue weighted by Gasteiger charge is -2.19. The number of anilines is 1. The molecule has 0 saturated carbocycles. The maximum atomic E-state index is 5.23. The van der Waals surface area contributed by atoms with Gasteiger partial charge >= 0.3 is 0 Å². The molecular formula is C15H30N4O. The molecule has 1 heterocycles. The van der Waals surface area contributed by atoms with E-state index in [2.05, 4.69) is 46.7 Å². The highest BCUT2D eigenvalue weighted by molar-refractivity contribution is 5.29. The summed E-state index contributed by atoms with van der Waals surface area (Å²) in [6.07, 6.45) is 3.21. The van der Waals surface area contributed by atoms with Crippen LogP contribution >= 0.6 is 0 Å². The minimum absolute atomic E-state index is 0.298. The van der Waals surface area contributed by atoms with Gasteiger partial charge in [0.15, 0.2) is 0 Å². The molecule has 0 fully saturated rings. The van der Waals surface area contributed by atoms with Gasteiger partial charge in [-0.05, 0) is 39.9 Å². The van der Waals surface area contributed by atoms with E-state index in [1.807, 2.05) is 6.92 Å². The van der Waals surface area contributed by atoms with Gasteiger partial charge in [0.2, 0.25) is 5.95 Å². The first-order chi connectivity index (χ1) is 9.62. The van der Waals surface area contributed by atoms with Crippen LogP contribution in [0.2, 0.25) is 0 Å². The van der Waals surface area contributed by atoms with E-state index >= 15 is 0 Å². The Hall–Kier alpha value is -1.07. The molecule has 0 aliphatic rings. The van der Waals surface area contributed by atoms with Gasteiger partial charge in [-0.1, -0.05) is 13.8 Å². The van der Waals surface area contributed by atoms with E-state index in [4.69, 9.17) is 4.74 Å². The second-order valence-electron chi connectivity index (χ2n) is 5.22. The van der Waals surface area contributed by atoms with Gasteiger partial charge in [-0.15, -0.1) is 0 Å². The minimum atomic E-state index is 0.298. The maximum Gasteiger partial charge on any atom is 0.203 e. The molecule has 116 valence electrons. The fourth-order valence-electron chi connectivity index (χ4n) is 2.35. The Morgan fingerprint density at radius 1 is 1.40 bits per heavy atom. The fraction of sp³-hybridized carbons (Fsp3) is 0.800. The molecule has 5 heteroatoms. The molecule has 0 radical (unpaired) electrons. The lowest BCUT2D eigenvalue weighted by atomic mass is 10.3. The summed E-state index contributed by atoms with van der Waals surface area (Å²) in [5, 5.41) is 3.45. The Labute approximate surface area is 123 Å². The van der Waals surface area contributed by atoms with Crippen LogP contribution in [0.25, 0.3) is 0 Å². The van der Waals surface area contributed by atoms with Gasteiger partial charge in [0, 0.05) is 19.9 Å². The topological polar surface area (TPSA) is 42.3 Å². The van der Waals surface area contributed by atoms with Crippen molar-refractivity contribution in [2.24, 2.45) is 0 Å². The summed E-state index contributed by atoms with van der Waals surface area (Å²) in [4.78, 5) is 6.99. The predicted octanol–water partition coefficient (Wildman–Crippen LogP) is 2.54. The first-order valence-corrected chi connectivity index (χ1v) is 7.62. The molecule has 1 atom stereocenters. The molecule has 1 aromatic rings. The van der Waals surface area contributed by atoms with Crippen LogP contribution in [0.5, 0.6) is 0 Å². The zero-order valence-corrected chi connectivity index (χ0v) is 13.6. The van der Waals surface area contributed by atoms with Crippen molar-refractivity contribution in [2.45, 2.75) is 40.2 Å². The van der Waals surface area contributed by atoms with Gasteiger partial charge in [-0.2, -0.15) is 0 Å². The van der Waals surface area contributed by atoms with Crippen molar-refractivity contribution in [3.05, 3.63) is 11.9 Å². The van der Waals surface area contributed by atoms with Crippen LogP contribution in [0.4, 0.5) is 5.95 Å². The average Bonchev–Trinajstić information content (AvgIpc) is 2.80. The van der Waals surface area contributed by atoms with Gasteiger partial charge < -0.3 is 19.5 Å². The zero-order chi connectivity index (χ0) is 15.0. The molecule has 0 aliphatic heterocycles. The molecule has 1 aromatic heterocycles. The summed E-state index contributed by atoms with van der Waals surface area (Å²) in [7, 11) is 1.73.